The van der Waals surface area contributed by atoms with Crippen molar-refractivity contribution in [2.45, 2.75) is 26.2 Å². The van der Waals surface area contributed by atoms with Crippen LogP contribution in [0.1, 0.15) is 30.5 Å². The Morgan fingerprint density at radius 2 is 2.21 bits per heavy atom. The molecule has 6 heteroatoms. The standard InChI is InChI=1S/C13H22N4S2/c1-10(2)12-16-11(9-19-12)3-4-15-13(14)17-5-7-18-8-6-17/h9-10H,3-8H2,1-2H3,(H2,14,15). The maximum absolute atomic E-state index is 6.01. The summed E-state index contributed by atoms with van der Waals surface area (Å²) in [6, 6.07) is 0. The van der Waals surface area contributed by atoms with Crippen LogP contribution in [0, 0.1) is 0 Å². The van der Waals surface area contributed by atoms with E-state index in [4.69, 9.17) is 5.73 Å². The number of nitrogens with two attached hydrogens (primary N) is 1. The molecule has 0 unspecified atom stereocenters. The molecule has 0 aromatic carbocycles. The van der Waals surface area contributed by atoms with Crippen molar-refractivity contribution in [1.82, 2.24) is 9.88 Å². The average Bonchev–Trinajstić information content (AvgIpc) is 2.89. The van der Waals surface area contributed by atoms with Crippen molar-refractivity contribution in [3.8, 4) is 0 Å². The molecule has 1 aliphatic rings. The molecule has 2 N–H and O–H groups in total. The topological polar surface area (TPSA) is 54.5 Å². The Balaban J connectivity index is 1.80. The Morgan fingerprint density at radius 1 is 1.47 bits per heavy atom. The molecule has 1 fully saturated rings. The SMILES string of the molecule is CC(C)c1nc(CCN=C(N)N2CCSCC2)cs1. The van der Waals surface area contributed by atoms with Crippen molar-refractivity contribution in [3.63, 3.8) is 0 Å². The predicted molar refractivity (Wildman–Crippen MR) is 85.3 cm³/mol. The molecule has 2 heterocycles. The van der Waals surface area contributed by atoms with E-state index in [9.17, 15) is 0 Å². The van der Waals surface area contributed by atoms with E-state index in [-0.39, 0.29) is 0 Å². The molecular formula is C13H22N4S2. The highest BCUT2D eigenvalue weighted by molar-refractivity contribution is 7.99. The van der Waals surface area contributed by atoms with Crippen molar-refractivity contribution < 1.29 is 0 Å². The maximum Gasteiger partial charge on any atom is 0.191 e. The Hall–Kier alpha value is -0.750. The van der Waals surface area contributed by atoms with Crippen LogP contribution in [0.2, 0.25) is 0 Å². The summed E-state index contributed by atoms with van der Waals surface area (Å²) in [7, 11) is 0. The third kappa shape index (κ3) is 4.38. The van der Waals surface area contributed by atoms with Gasteiger partial charge in [-0.15, -0.1) is 11.3 Å². The van der Waals surface area contributed by atoms with Crippen LogP contribution in [-0.4, -0.2) is 47.0 Å². The first-order valence-electron chi connectivity index (χ1n) is 6.73. The molecule has 1 aliphatic heterocycles. The first kappa shape index (κ1) is 14.7. The van der Waals surface area contributed by atoms with Crippen molar-refractivity contribution in [3.05, 3.63) is 16.1 Å². The second kappa shape index (κ2) is 7.14. The third-order valence-electron chi connectivity index (χ3n) is 3.04. The van der Waals surface area contributed by atoms with E-state index >= 15 is 0 Å². The zero-order valence-corrected chi connectivity index (χ0v) is 13.3. The van der Waals surface area contributed by atoms with E-state index in [1.807, 2.05) is 11.8 Å². The van der Waals surface area contributed by atoms with Gasteiger partial charge in [-0.3, -0.25) is 4.99 Å². The summed E-state index contributed by atoms with van der Waals surface area (Å²) in [6.45, 7) is 7.12. The number of guanidine groups is 1. The van der Waals surface area contributed by atoms with E-state index in [1.54, 1.807) is 11.3 Å². The molecule has 0 spiro atoms. The van der Waals surface area contributed by atoms with E-state index < -0.39 is 0 Å². The lowest BCUT2D eigenvalue weighted by Crippen LogP contribution is -2.42. The number of nitrogens with zero attached hydrogens (tertiary/aromatic N) is 3. The van der Waals surface area contributed by atoms with Gasteiger partial charge >= 0.3 is 0 Å². The van der Waals surface area contributed by atoms with Gasteiger partial charge in [-0.05, 0) is 0 Å². The number of thioether (sulfide) groups is 1. The lowest BCUT2D eigenvalue weighted by Gasteiger charge is -2.27. The average molecular weight is 298 g/mol. The van der Waals surface area contributed by atoms with Crippen LogP contribution in [0.25, 0.3) is 0 Å². The fraction of sp³-hybridized carbons (Fsp3) is 0.692. The summed E-state index contributed by atoms with van der Waals surface area (Å²) in [5, 5.41) is 3.35. The second-order valence-electron chi connectivity index (χ2n) is 4.92. The summed E-state index contributed by atoms with van der Waals surface area (Å²) < 4.78 is 0. The second-order valence-corrected chi connectivity index (χ2v) is 7.04. The molecule has 2 rings (SSSR count). The first-order chi connectivity index (χ1) is 9.16. The van der Waals surface area contributed by atoms with Crippen molar-refractivity contribution >= 4 is 29.1 Å². The van der Waals surface area contributed by atoms with E-state index in [1.165, 1.54) is 5.01 Å². The van der Waals surface area contributed by atoms with E-state index in [2.05, 4.69) is 34.1 Å². The van der Waals surface area contributed by atoms with Crippen LogP contribution in [0.3, 0.4) is 0 Å². The largest absolute Gasteiger partial charge is 0.370 e. The van der Waals surface area contributed by atoms with Gasteiger partial charge in [-0.25, -0.2) is 4.98 Å². The van der Waals surface area contributed by atoms with Crippen LogP contribution >= 0.6 is 23.1 Å². The molecular weight excluding hydrogens is 276 g/mol. The normalized spacial score (nSPS) is 17.2. The smallest absolute Gasteiger partial charge is 0.191 e. The Bertz CT molecular complexity index is 422. The summed E-state index contributed by atoms with van der Waals surface area (Å²) >= 11 is 3.72. The highest BCUT2D eigenvalue weighted by Crippen LogP contribution is 2.19. The molecule has 0 radical (unpaired) electrons. The van der Waals surface area contributed by atoms with Crippen LogP contribution in [0.4, 0.5) is 0 Å². The fourth-order valence-corrected chi connectivity index (χ4v) is 3.65. The molecule has 106 valence electrons. The molecule has 0 bridgehead atoms. The lowest BCUT2D eigenvalue weighted by atomic mass is 10.2. The molecule has 19 heavy (non-hydrogen) atoms. The summed E-state index contributed by atoms with van der Waals surface area (Å²) in [6.07, 6.45) is 0.881. The number of aromatic nitrogens is 1. The lowest BCUT2D eigenvalue weighted by molar-refractivity contribution is 0.456. The molecule has 0 aliphatic carbocycles. The van der Waals surface area contributed by atoms with Gasteiger partial charge in [-0.1, -0.05) is 13.8 Å². The predicted octanol–water partition coefficient (Wildman–Crippen LogP) is 2.17. The van der Waals surface area contributed by atoms with Gasteiger partial charge in [0.2, 0.25) is 0 Å². The summed E-state index contributed by atoms with van der Waals surface area (Å²) in [5.74, 6) is 3.51. The van der Waals surface area contributed by atoms with Crippen LogP contribution in [-0.2, 0) is 6.42 Å². The summed E-state index contributed by atoms with van der Waals surface area (Å²) in [5.41, 5.74) is 7.15. The van der Waals surface area contributed by atoms with Gasteiger partial charge in [0, 0.05) is 48.9 Å². The van der Waals surface area contributed by atoms with Crippen molar-refractivity contribution in [2.24, 2.45) is 10.7 Å². The molecule has 1 aromatic heterocycles. The minimum Gasteiger partial charge on any atom is -0.370 e. The van der Waals surface area contributed by atoms with Gasteiger partial charge in [0.15, 0.2) is 5.96 Å². The van der Waals surface area contributed by atoms with Gasteiger partial charge in [-0.2, -0.15) is 11.8 Å². The molecule has 1 saturated heterocycles. The number of hydrogen-bond acceptors (Lipinski definition) is 4. The quantitative estimate of drug-likeness (QED) is 0.684. The first-order valence-corrected chi connectivity index (χ1v) is 8.77. The van der Waals surface area contributed by atoms with Gasteiger partial charge < -0.3 is 10.6 Å². The fourth-order valence-electron chi connectivity index (χ4n) is 1.88. The van der Waals surface area contributed by atoms with Crippen molar-refractivity contribution in [1.29, 1.82) is 0 Å². The Kier molecular flexibility index (Phi) is 5.51. The number of hydrogen-bond donors (Lipinski definition) is 1. The minimum absolute atomic E-state index is 0.512. The van der Waals surface area contributed by atoms with Gasteiger partial charge in [0.1, 0.15) is 0 Å². The van der Waals surface area contributed by atoms with Gasteiger partial charge in [0.25, 0.3) is 0 Å². The highest BCUT2D eigenvalue weighted by atomic mass is 32.2. The molecule has 4 nitrogen and oxygen atoms in total. The number of thiazole rings is 1. The number of aliphatic imine (C=N–C) groups is 1. The minimum atomic E-state index is 0.512. The number of rotatable bonds is 4. The molecule has 0 amide bonds. The van der Waals surface area contributed by atoms with E-state index in [0.29, 0.717) is 11.9 Å². The van der Waals surface area contributed by atoms with Gasteiger partial charge in [0.05, 0.1) is 10.7 Å². The zero-order valence-electron chi connectivity index (χ0n) is 11.6. The third-order valence-corrected chi connectivity index (χ3v) is 5.18. The zero-order chi connectivity index (χ0) is 13.7. The molecule has 0 saturated carbocycles. The van der Waals surface area contributed by atoms with Crippen LogP contribution in [0.5, 0.6) is 0 Å². The molecule has 0 atom stereocenters. The van der Waals surface area contributed by atoms with E-state index in [0.717, 1.165) is 43.3 Å². The molecule has 1 aromatic rings. The highest BCUT2D eigenvalue weighted by Gasteiger charge is 2.12. The Morgan fingerprint density at radius 3 is 2.84 bits per heavy atom. The monoisotopic (exact) mass is 298 g/mol. The van der Waals surface area contributed by atoms with Crippen molar-refractivity contribution in [2.75, 3.05) is 31.1 Å². The maximum atomic E-state index is 6.01. The Labute approximate surface area is 123 Å². The van der Waals surface area contributed by atoms with Crippen LogP contribution in [0.15, 0.2) is 10.4 Å². The summed E-state index contributed by atoms with van der Waals surface area (Å²) in [4.78, 5) is 11.3. The van der Waals surface area contributed by atoms with Crippen LogP contribution < -0.4 is 5.73 Å².